The van der Waals surface area contributed by atoms with Gasteiger partial charge in [0, 0.05) is 0 Å². The Bertz CT molecular complexity index is 1140. The molecule has 0 fully saturated rings. The standard InChI is InChI=1S/C11H9FN2O2S.C10H8ClFO3/c1-16-10(15)8-9(17-11(13)14-8)6-3-2-4-7(12)5-6;1-15-10(14)9(13)8(11)6-3-2-4-7(12)5-6/h2-5H,1H3,(H2,13,14);2-5,8H,1H3. The summed E-state index contributed by atoms with van der Waals surface area (Å²) in [7, 11) is 2.34. The maximum atomic E-state index is 13.1. The van der Waals surface area contributed by atoms with Gasteiger partial charge in [-0.3, -0.25) is 4.79 Å². The topological polar surface area (TPSA) is 109 Å². The fourth-order valence-corrected chi connectivity index (χ4v) is 3.46. The fraction of sp³-hybridized carbons (Fsp3) is 0.143. The van der Waals surface area contributed by atoms with Gasteiger partial charge in [-0.05, 0) is 35.4 Å². The Kier molecular flexibility index (Phi) is 8.80. The number of aromatic nitrogens is 1. The third-order valence-electron chi connectivity index (χ3n) is 3.87. The van der Waals surface area contributed by atoms with Crippen molar-refractivity contribution in [3.63, 3.8) is 0 Å². The largest absolute Gasteiger partial charge is 0.464 e. The number of hydrogen-bond acceptors (Lipinski definition) is 8. The molecule has 1 unspecified atom stereocenters. The van der Waals surface area contributed by atoms with Gasteiger partial charge in [0.2, 0.25) is 0 Å². The molecule has 0 aliphatic rings. The van der Waals surface area contributed by atoms with Crippen molar-refractivity contribution in [3.05, 3.63) is 71.4 Å². The number of Topliss-reactive ketones (excluding diaryl/α,β-unsaturated/α-hetero) is 1. The fourth-order valence-electron chi connectivity index (χ4n) is 2.42. The number of alkyl halides is 1. The Morgan fingerprint density at radius 1 is 1.03 bits per heavy atom. The van der Waals surface area contributed by atoms with Gasteiger partial charge in [0.25, 0.3) is 5.78 Å². The Balaban J connectivity index is 0.000000229. The lowest BCUT2D eigenvalue weighted by Gasteiger charge is -2.06. The number of benzene rings is 2. The molecule has 32 heavy (non-hydrogen) atoms. The van der Waals surface area contributed by atoms with Crippen molar-refractivity contribution >= 4 is 45.8 Å². The lowest BCUT2D eigenvalue weighted by atomic mass is 10.1. The van der Waals surface area contributed by atoms with Gasteiger partial charge in [0.1, 0.15) is 17.0 Å². The number of nitrogens with zero attached hydrogens (tertiary/aromatic N) is 1. The van der Waals surface area contributed by atoms with E-state index in [-0.39, 0.29) is 22.2 Å². The van der Waals surface area contributed by atoms with Crippen LogP contribution in [0.25, 0.3) is 10.4 Å². The van der Waals surface area contributed by atoms with Crippen LogP contribution in [-0.2, 0) is 19.1 Å². The van der Waals surface area contributed by atoms with Crippen LogP contribution in [0.5, 0.6) is 0 Å². The third-order valence-corrected chi connectivity index (χ3v) is 5.25. The van der Waals surface area contributed by atoms with E-state index < -0.39 is 28.9 Å². The summed E-state index contributed by atoms with van der Waals surface area (Å²) in [4.78, 5) is 38.0. The first-order chi connectivity index (χ1) is 15.2. The van der Waals surface area contributed by atoms with Gasteiger partial charge < -0.3 is 15.2 Å². The van der Waals surface area contributed by atoms with Gasteiger partial charge in [0.05, 0.1) is 19.1 Å². The monoisotopic (exact) mass is 482 g/mol. The number of nitrogen functional groups attached to an aromatic ring is 1. The Morgan fingerprint density at radius 2 is 1.66 bits per heavy atom. The molecular weight excluding hydrogens is 466 g/mol. The second-order valence-electron chi connectivity index (χ2n) is 6.01. The lowest BCUT2D eigenvalue weighted by Crippen LogP contribution is -2.20. The van der Waals surface area contributed by atoms with Crippen LogP contribution in [-0.4, -0.2) is 36.9 Å². The summed E-state index contributed by atoms with van der Waals surface area (Å²) in [5.41, 5.74) is 6.45. The molecule has 3 rings (SSSR count). The quantitative estimate of drug-likeness (QED) is 0.330. The van der Waals surface area contributed by atoms with Gasteiger partial charge >= 0.3 is 11.9 Å². The predicted octanol–water partition coefficient (Wildman–Crippen LogP) is 4.17. The zero-order chi connectivity index (χ0) is 23.8. The molecule has 3 aromatic rings. The number of halogens is 3. The number of ketones is 1. The molecule has 0 aliphatic heterocycles. The van der Waals surface area contributed by atoms with E-state index in [2.05, 4.69) is 14.5 Å². The highest BCUT2D eigenvalue weighted by atomic mass is 35.5. The first kappa shape index (κ1) is 24.9. The number of thiazole rings is 1. The van der Waals surface area contributed by atoms with E-state index in [1.54, 1.807) is 12.1 Å². The normalized spacial score (nSPS) is 11.0. The highest BCUT2D eigenvalue weighted by Crippen LogP contribution is 2.32. The summed E-state index contributed by atoms with van der Waals surface area (Å²) in [5, 5.41) is -0.974. The second kappa shape index (κ2) is 11.3. The van der Waals surface area contributed by atoms with Crippen molar-refractivity contribution in [2.45, 2.75) is 5.38 Å². The van der Waals surface area contributed by atoms with Gasteiger partial charge in [-0.15, -0.1) is 11.6 Å². The highest BCUT2D eigenvalue weighted by Gasteiger charge is 2.25. The van der Waals surface area contributed by atoms with E-state index in [4.69, 9.17) is 17.3 Å². The molecule has 11 heteroatoms. The minimum atomic E-state index is -1.21. The molecule has 1 atom stereocenters. The first-order valence-electron chi connectivity index (χ1n) is 8.80. The molecule has 2 aromatic carbocycles. The van der Waals surface area contributed by atoms with Gasteiger partial charge in [0.15, 0.2) is 10.8 Å². The van der Waals surface area contributed by atoms with E-state index in [1.807, 2.05) is 0 Å². The Labute approximate surface area is 190 Å². The molecule has 7 nitrogen and oxygen atoms in total. The van der Waals surface area contributed by atoms with Crippen molar-refractivity contribution in [3.8, 4) is 10.4 Å². The molecular formula is C21H17ClF2N2O5S. The summed E-state index contributed by atoms with van der Waals surface area (Å²) in [6, 6.07) is 11.1. The first-order valence-corrected chi connectivity index (χ1v) is 10.1. The third kappa shape index (κ3) is 6.32. The molecule has 0 aliphatic carbocycles. The molecule has 0 radical (unpaired) electrons. The summed E-state index contributed by atoms with van der Waals surface area (Å²) in [5.74, 6) is -3.44. The number of methoxy groups -OCH3 is 2. The van der Waals surface area contributed by atoms with Crippen LogP contribution in [0.1, 0.15) is 21.4 Å². The van der Waals surface area contributed by atoms with Crippen molar-refractivity contribution < 1.29 is 32.6 Å². The van der Waals surface area contributed by atoms with Crippen LogP contribution in [0.15, 0.2) is 48.5 Å². The van der Waals surface area contributed by atoms with E-state index in [0.29, 0.717) is 10.4 Å². The molecule has 0 amide bonds. The number of carbonyl (C=O) groups is 3. The van der Waals surface area contributed by atoms with Crippen LogP contribution in [0.2, 0.25) is 0 Å². The highest BCUT2D eigenvalue weighted by molar-refractivity contribution is 7.19. The summed E-state index contributed by atoms with van der Waals surface area (Å²) in [6.07, 6.45) is 0. The van der Waals surface area contributed by atoms with Crippen molar-refractivity contribution in [2.75, 3.05) is 20.0 Å². The average molecular weight is 483 g/mol. The number of hydrogen-bond donors (Lipinski definition) is 1. The average Bonchev–Trinajstić information content (AvgIpc) is 3.19. The van der Waals surface area contributed by atoms with Crippen LogP contribution in [0, 0.1) is 11.6 Å². The minimum absolute atomic E-state index is 0.112. The maximum Gasteiger partial charge on any atom is 0.376 e. The van der Waals surface area contributed by atoms with Gasteiger partial charge in [-0.1, -0.05) is 35.6 Å². The second-order valence-corrected chi connectivity index (χ2v) is 7.47. The Morgan fingerprint density at radius 3 is 2.22 bits per heavy atom. The van der Waals surface area contributed by atoms with Crippen LogP contribution in [0.4, 0.5) is 13.9 Å². The van der Waals surface area contributed by atoms with Gasteiger partial charge in [-0.25, -0.2) is 23.4 Å². The van der Waals surface area contributed by atoms with E-state index in [1.165, 1.54) is 37.4 Å². The number of carbonyl (C=O) groups excluding carboxylic acids is 3. The van der Waals surface area contributed by atoms with Crippen LogP contribution < -0.4 is 5.73 Å². The number of ether oxygens (including phenoxy) is 2. The van der Waals surface area contributed by atoms with Crippen LogP contribution in [0.3, 0.4) is 0 Å². The minimum Gasteiger partial charge on any atom is -0.464 e. The number of esters is 2. The summed E-state index contributed by atoms with van der Waals surface area (Å²) < 4.78 is 34.7. The van der Waals surface area contributed by atoms with E-state index in [0.717, 1.165) is 24.5 Å². The molecule has 0 saturated carbocycles. The predicted molar refractivity (Wildman–Crippen MR) is 115 cm³/mol. The molecule has 0 spiro atoms. The smallest absolute Gasteiger partial charge is 0.376 e. The number of rotatable bonds is 5. The van der Waals surface area contributed by atoms with Crippen molar-refractivity contribution in [1.29, 1.82) is 0 Å². The summed E-state index contributed by atoms with van der Waals surface area (Å²) in [6.45, 7) is 0. The molecule has 1 aromatic heterocycles. The Hall–Kier alpha value is -3.37. The SMILES string of the molecule is COC(=O)C(=O)C(Cl)c1cccc(F)c1.COC(=O)c1nc(N)sc1-c1cccc(F)c1. The molecule has 168 valence electrons. The zero-order valence-corrected chi connectivity index (χ0v) is 18.4. The van der Waals surface area contributed by atoms with Crippen LogP contribution >= 0.6 is 22.9 Å². The van der Waals surface area contributed by atoms with Crippen molar-refractivity contribution in [1.82, 2.24) is 4.98 Å². The van der Waals surface area contributed by atoms with Crippen molar-refractivity contribution in [2.24, 2.45) is 0 Å². The molecule has 0 bridgehead atoms. The zero-order valence-electron chi connectivity index (χ0n) is 16.8. The summed E-state index contributed by atoms with van der Waals surface area (Å²) >= 11 is 6.80. The molecule has 1 heterocycles. The molecule has 0 saturated heterocycles. The maximum absolute atomic E-state index is 13.1. The van der Waals surface area contributed by atoms with Gasteiger partial charge in [-0.2, -0.15) is 0 Å². The molecule has 2 N–H and O–H groups in total. The van der Waals surface area contributed by atoms with E-state index >= 15 is 0 Å². The van der Waals surface area contributed by atoms with E-state index in [9.17, 15) is 23.2 Å². The number of anilines is 1. The number of nitrogens with two attached hydrogens (primary N) is 1. The lowest BCUT2D eigenvalue weighted by molar-refractivity contribution is -0.151.